The molecule has 0 atom stereocenters. The third-order valence-electron chi connectivity index (χ3n) is 2.01. The maximum atomic E-state index is 11.3. The Balaban J connectivity index is 0. The Bertz CT molecular complexity index is 362. The lowest BCUT2D eigenvalue weighted by Crippen LogP contribution is -1.98. The van der Waals surface area contributed by atoms with Crippen molar-refractivity contribution in [1.82, 2.24) is 0 Å². The Morgan fingerprint density at radius 3 is 1.82 bits per heavy atom. The summed E-state index contributed by atoms with van der Waals surface area (Å²) in [6.07, 6.45) is 0. The maximum Gasteiger partial charge on any atom is 0.160 e. The number of allylic oxidation sites excluding steroid dienone is 1. The van der Waals surface area contributed by atoms with Crippen LogP contribution in [-0.2, 0) is 0 Å². The topological polar surface area (TPSA) is 17.1 Å². The molecule has 17 heavy (non-hydrogen) atoms. The van der Waals surface area contributed by atoms with E-state index in [2.05, 4.69) is 6.58 Å². The number of benzene rings is 1. The van der Waals surface area contributed by atoms with E-state index in [1.165, 1.54) is 0 Å². The predicted octanol–water partition coefficient (Wildman–Crippen LogP) is 5.28. The molecule has 1 heteroatoms. The molecule has 96 valence electrons. The molecule has 0 radical (unpaired) electrons. The molecular formula is C16H26O. The zero-order valence-corrected chi connectivity index (χ0v) is 12.3. The molecule has 0 saturated carbocycles. The van der Waals surface area contributed by atoms with Gasteiger partial charge in [0.25, 0.3) is 0 Å². The van der Waals surface area contributed by atoms with Gasteiger partial charge in [0.1, 0.15) is 0 Å². The van der Waals surface area contributed by atoms with Gasteiger partial charge in [-0.25, -0.2) is 0 Å². The van der Waals surface area contributed by atoms with E-state index >= 15 is 0 Å². The lowest BCUT2D eigenvalue weighted by atomic mass is 9.97. The minimum absolute atomic E-state index is 0.0988. The third kappa shape index (κ3) is 6.06. The fourth-order valence-corrected chi connectivity index (χ4v) is 1.32. The lowest BCUT2D eigenvalue weighted by molar-refractivity contribution is 0.101. The van der Waals surface area contributed by atoms with Crippen LogP contribution in [0.1, 0.15) is 63.0 Å². The number of ketones is 1. The zero-order valence-electron chi connectivity index (χ0n) is 12.3. The summed E-state index contributed by atoms with van der Waals surface area (Å²) in [5.74, 6) is 0.0988. The number of aryl methyl sites for hydroxylation is 1. The zero-order chi connectivity index (χ0) is 14.0. The number of hydrogen-bond acceptors (Lipinski definition) is 1. The Hall–Kier alpha value is -1.37. The van der Waals surface area contributed by atoms with Gasteiger partial charge in [-0.3, -0.25) is 4.79 Å². The van der Waals surface area contributed by atoms with Crippen LogP contribution < -0.4 is 0 Å². The standard InChI is InChI=1S/C12H14O.2C2H6/c1-8(2)11-6-5-9(3)7-12(11)10(4)13;2*1-2/h5-7H,1H2,2-4H3;2*1-2H3. The molecule has 0 spiro atoms. The van der Waals surface area contributed by atoms with E-state index in [4.69, 9.17) is 0 Å². The molecule has 0 saturated heterocycles. The normalized spacial score (nSPS) is 8.18. The van der Waals surface area contributed by atoms with Crippen LogP contribution in [0.25, 0.3) is 5.57 Å². The number of rotatable bonds is 2. The van der Waals surface area contributed by atoms with Crippen LogP contribution in [0.3, 0.4) is 0 Å². The summed E-state index contributed by atoms with van der Waals surface area (Å²) in [7, 11) is 0. The highest BCUT2D eigenvalue weighted by molar-refractivity contribution is 5.98. The number of carbonyl (C=O) groups is 1. The molecule has 1 aromatic carbocycles. The summed E-state index contributed by atoms with van der Waals surface area (Å²) in [5.41, 5.74) is 3.77. The largest absolute Gasteiger partial charge is 0.294 e. The minimum Gasteiger partial charge on any atom is -0.294 e. The molecule has 0 unspecified atom stereocenters. The van der Waals surface area contributed by atoms with Crippen molar-refractivity contribution >= 4 is 11.4 Å². The van der Waals surface area contributed by atoms with Crippen LogP contribution >= 0.6 is 0 Å². The van der Waals surface area contributed by atoms with E-state index in [0.717, 1.165) is 22.3 Å². The van der Waals surface area contributed by atoms with Crippen LogP contribution in [0.4, 0.5) is 0 Å². The number of Topliss-reactive ketones (excluding diaryl/α,β-unsaturated/α-hetero) is 1. The summed E-state index contributed by atoms with van der Waals surface area (Å²) in [5, 5.41) is 0. The summed E-state index contributed by atoms with van der Waals surface area (Å²) < 4.78 is 0. The molecule has 0 amide bonds. The third-order valence-corrected chi connectivity index (χ3v) is 2.01. The van der Waals surface area contributed by atoms with Gasteiger partial charge in [-0.1, -0.05) is 57.5 Å². The first kappa shape index (κ1) is 18.0. The molecule has 0 N–H and O–H groups in total. The second-order valence-electron chi connectivity index (χ2n) is 3.39. The predicted molar refractivity (Wildman–Crippen MR) is 78.6 cm³/mol. The summed E-state index contributed by atoms with van der Waals surface area (Å²) >= 11 is 0. The highest BCUT2D eigenvalue weighted by atomic mass is 16.1. The fourth-order valence-electron chi connectivity index (χ4n) is 1.32. The molecule has 0 bridgehead atoms. The fraction of sp³-hybridized carbons (Fsp3) is 0.438. The van der Waals surface area contributed by atoms with Gasteiger partial charge in [-0.15, -0.1) is 0 Å². The average Bonchev–Trinajstić information content (AvgIpc) is 2.33. The number of hydrogen-bond donors (Lipinski definition) is 0. The molecule has 1 rings (SSSR count). The van der Waals surface area contributed by atoms with Gasteiger partial charge in [0.15, 0.2) is 5.78 Å². The van der Waals surface area contributed by atoms with Crippen LogP contribution in [0.5, 0.6) is 0 Å². The second kappa shape index (κ2) is 9.83. The SMILES string of the molecule is C=C(C)c1ccc(C)cc1C(C)=O.CC.CC. The Morgan fingerprint density at radius 2 is 1.47 bits per heavy atom. The molecule has 0 aliphatic heterocycles. The molecular weight excluding hydrogens is 208 g/mol. The highest BCUT2D eigenvalue weighted by Crippen LogP contribution is 2.19. The van der Waals surface area contributed by atoms with Crippen molar-refractivity contribution in [3.63, 3.8) is 0 Å². The number of carbonyl (C=O) groups excluding carboxylic acids is 1. The van der Waals surface area contributed by atoms with E-state index in [9.17, 15) is 4.79 Å². The van der Waals surface area contributed by atoms with E-state index in [-0.39, 0.29) is 5.78 Å². The lowest BCUT2D eigenvalue weighted by Gasteiger charge is -2.06. The average molecular weight is 234 g/mol. The summed E-state index contributed by atoms with van der Waals surface area (Å²) in [6.45, 7) is 17.3. The first-order chi connectivity index (χ1) is 8.02. The van der Waals surface area contributed by atoms with Crippen molar-refractivity contribution in [2.24, 2.45) is 0 Å². The molecule has 0 aliphatic rings. The molecule has 1 nitrogen and oxygen atoms in total. The van der Waals surface area contributed by atoms with Crippen LogP contribution in [0.15, 0.2) is 24.8 Å². The quantitative estimate of drug-likeness (QED) is 0.636. The Kier molecular flexibility index (Phi) is 10.4. The van der Waals surface area contributed by atoms with Crippen molar-refractivity contribution < 1.29 is 4.79 Å². The van der Waals surface area contributed by atoms with Gasteiger partial charge in [-0.05, 0) is 32.4 Å². The van der Waals surface area contributed by atoms with E-state index in [0.29, 0.717) is 0 Å². The Labute approximate surface area is 107 Å². The summed E-state index contributed by atoms with van der Waals surface area (Å²) in [6, 6.07) is 5.86. The monoisotopic (exact) mass is 234 g/mol. The van der Waals surface area contributed by atoms with Crippen LogP contribution in [-0.4, -0.2) is 5.78 Å². The van der Waals surface area contributed by atoms with Crippen molar-refractivity contribution in [2.75, 3.05) is 0 Å². The van der Waals surface area contributed by atoms with Crippen molar-refractivity contribution in [3.05, 3.63) is 41.5 Å². The second-order valence-corrected chi connectivity index (χ2v) is 3.39. The summed E-state index contributed by atoms with van der Waals surface area (Å²) in [4.78, 5) is 11.3. The van der Waals surface area contributed by atoms with Crippen LogP contribution in [0.2, 0.25) is 0 Å². The maximum absolute atomic E-state index is 11.3. The molecule has 0 fully saturated rings. The van der Waals surface area contributed by atoms with Crippen molar-refractivity contribution in [3.8, 4) is 0 Å². The van der Waals surface area contributed by atoms with E-state index in [1.807, 2.05) is 59.7 Å². The molecule has 0 aromatic heterocycles. The van der Waals surface area contributed by atoms with Gasteiger partial charge in [0, 0.05) is 5.56 Å². The smallest absolute Gasteiger partial charge is 0.160 e. The minimum atomic E-state index is 0.0988. The van der Waals surface area contributed by atoms with Gasteiger partial charge in [0.05, 0.1) is 0 Å². The highest BCUT2D eigenvalue weighted by Gasteiger charge is 2.06. The van der Waals surface area contributed by atoms with Gasteiger partial charge < -0.3 is 0 Å². The van der Waals surface area contributed by atoms with Gasteiger partial charge >= 0.3 is 0 Å². The first-order valence-electron chi connectivity index (χ1n) is 6.30. The molecule has 1 aromatic rings. The van der Waals surface area contributed by atoms with Crippen LogP contribution in [0, 0.1) is 6.92 Å². The van der Waals surface area contributed by atoms with Gasteiger partial charge in [0.2, 0.25) is 0 Å². The first-order valence-corrected chi connectivity index (χ1v) is 6.30. The van der Waals surface area contributed by atoms with Crippen molar-refractivity contribution in [2.45, 2.75) is 48.5 Å². The van der Waals surface area contributed by atoms with E-state index in [1.54, 1.807) is 6.92 Å². The van der Waals surface area contributed by atoms with Gasteiger partial charge in [-0.2, -0.15) is 0 Å². The molecule has 0 aliphatic carbocycles. The molecule has 0 heterocycles. The van der Waals surface area contributed by atoms with E-state index < -0.39 is 0 Å². The Morgan fingerprint density at radius 1 is 1.00 bits per heavy atom. The van der Waals surface area contributed by atoms with Crippen molar-refractivity contribution in [1.29, 1.82) is 0 Å².